The standard InChI is InChI=1S/C21H22N6O3/c1-12(2)17-16(21-22-9-13(3)30-21)10-27-18(17)19(23-11-24-27)25-15-7-5-6-14(8-15)20(28)26-29-4/h5-12H,1-4H3,(H,26,28)(H,23,24,25). The number of aromatic nitrogens is 4. The molecule has 4 rings (SSSR count). The molecule has 1 aromatic carbocycles. The van der Waals surface area contributed by atoms with Crippen LogP contribution in [0.2, 0.25) is 0 Å². The van der Waals surface area contributed by atoms with E-state index in [1.807, 2.05) is 19.2 Å². The Morgan fingerprint density at radius 1 is 1.27 bits per heavy atom. The fourth-order valence-electron chi connectivity index (χ4n) is 3.39. The van der Waals surface area contributed by atoms with Gasteiger partial charge in [-0.05, 0) is 36.6 Å². The normalized spacial score (nSPS) is 11.2. The van der Waals surface area contributed by atoms with Crippen molar-refractivity contribution in [2.75, 3.05) is 12.4 Å². The summed E-state index contributed by atoms with van der Waals surface area (Å²) in [7, 11) is 1.39. The molecule has 2 N–H and O–H groups in total. The van der Waals surface area contributed by atoms with Gasteiger partial charge in [-0.3, -0.25) is 9.63 Å². The highest BCUT2D eigenvalue weighted by atomic mass is 16.6. The Labute approximate surface area is 173 Å². The number of hydrogen-bond acceptors (Lipinski definition) is 7. The van der Waals surface area contributed by atoms with Gasteiger partial charge in [0.05, 0.1) is 18.9 Å². The minimum Gasteiger partial charge on any atom is -0.441 e. The molecule has 30 heavy (non-hydrogen) atoms. The SMILES string of the molecule is CONC(=O)c1cccc(Nc2ncnn3cc(-c4ncc(C)o4)c(C(C)C)c23)c1. The van der Waals surface area contributed by atoms with Gasteiger partial charge in [0.1, 0.15) is 17.6 Å². The van der Waals surface area contributed by atoms with Crippen LogP contribution >= 0.6 is 0 Å². The van der Waals surface area contributed by atoms with Crippen molar-refractivity contribution in [1.82, 2.24) is 25.1 Å². The maximum atomic E-state index is 12.1. The lowest BCUT2D eigenvalue weighted by atomic mass is 10.00. The van der Waals surface area contributed by atoms with Crippen LogP contribution in [-0.2, 0) is 4.84 Å². The van der Waals surface area contributed by atoms with E-state index in [1.165, 1.54) is 13.4 Å². The van der Waals surface area contributed by atoms with Crippen molar-refractivity contribution in [3.8, 4) is 11.5 Å². The maximum absolute atomic E-state index is 12.1. The zero-order valence-corrected chi connectivity index (χ0v) is 17.1. The van der Waals surface area contributed by atoms with E-state index in [0.29, 0.717) is 23.0 Å². The van der Waals surface area contributed by atoms with E-state index in [9.17, 15) is 4.79 Å². The number of aryl methyl sites for hydroxylation is 1. The number of nitrogens with one attached hydrogen (secondary N) is 2. The fourth-order valence-corrected chi connectivity index (χ4v) is 3.39. The molecule has 4 aromatic rings. The molecular weight excluding hydrogens is 384 g/mol. The van der Waals surface area contributed by atoms with E-state index >= 15 is 0 Å². The summed E-state index contributed by atoms with van der Waals surface area (Å²) in [6, 6.07) is 7.07. The molecule has 0 fully saturated rings. The van der Waals surface area contributed by atoms with Crippen molar-refractivity contribution in [2.45, 2.75) is 26.7 Å². The van der Waals surface area contributed by atoms with E-state index in [4.69, 9.17) is 9.25 Å². The minimum absolute atomic E-state index is 0.169. The van der Waals surface area contributed by atoms with Gasteiger partial charge in [0.25, 0.3) is 5.91 Å². The number of fused-ring (bicyclic) bond motifs is 1. The van der Waals surface area contributed by atoms with E-state index in [-0.39, 0.29) is 11.8 Å². The van der Waals surface area contributed by atoms with E-state index < -0.39 is 0 Å². The van der Waals surface area contributed by atoms with Crippen LogP contribution in [0.1, 0.15) is 41.4 Å². The zero-order chi connectivity index (χ0) is 21.3. The highest BCUT2D eigenvalue weighted by molar-refractivity contribution is 5.94. The second-order valence-corrected chi connectivity index (χ2v) is 7.13. The lowest BCUT2D eigenvalue weighted by molar-refractivity contribution is 0.0537. The predicted octanol–water partition coefficient (Wildman–Crippen LogP) is 3.85. The average Bonchev–Trinajstić information content (AvgIpc) is 3.32. The van der Waals surface area contributed by atoms with Crippen LogP contribution < -0.4 is 10.8 Å². The van der Waals surface area contributed by atoms with Gasteiger partial charge in [-0.2, -0.15) is 5.10 Å². The van der Waals surface area contributed by atoms with Gasteiger partial charge >= 0.3 is 0 Å². The fraction of sp³-hybridized carbons (Fsp3) is 0.238. The molecule has 9 nitrogen and oxygen atoms in total. The molecular formula is C21H22N6O3. The van der Waals surface area contributed by atoms with Crippen LogP contribution in [0.4, 0.5) is 11.5 Å². The van der Waals surface area contributed by atoms with Crippen molar-refractivity contribution in [3.63, 3.8) is 0 Å². The topological polar surface area (TPSA) is 107 Å². The quantitative estimate of drug-likeness (QED) is 0.468. The Balaban J connectivity index is 1.80. The van der Waals surface area contributed by atoms with Crippen LogP contribution in [0.5, 0.6) is 0 Å². The number of hydrogen-bond donors (Lipinski definition) is 2. The van der Waals surface area contributed by atoms with Crippen LogP contribution in [0.3, 0.4) is 0 Å². The lowest BCUT2D eigenvalue weighted by Crippen LogP contribution is -2.21. The molecule has 0 aliphatic rings. The molecule has 3 heterocycles. The van der Waals surface area contributed by atoms with Crippen LogP contribution in [0, 0.1) is 6.92 Å². The minimum atomic E-state index is -0.332. The van der Waals surface area contributed by atoms with Gasteiger partial charge in [-0.25, -0.2) is 20.0 Å². The number of oxazole rings is 1. The van der Waals surface area contributed by atoms with E-state index in [1.54, 1.807) is 28.9 Å². The second kappa shape index (κ2) is 7.96. The van der Waals surface area contributed by atoms with Gasteiger partial charge in [0, 0.05) is 17.4 Å². The number of benzene rings is 1. The summed E-state index contributed by atoms with van der Waals surface area (Å²) in [5.74, 6) is 1.74. The first-order valence-corrected chi connectivity index (χ1v) is 9.47. The van der Waals surface area contributed by atoms with Crippen molar-refractivity contribution in [2.24, 2.45) is 0 Å². The molecule has 0 saturated heterocycles. The Hall–Kier alpha value is -3.72. The molecule has 1 amide bonds. The third-order valence-electron chi connectivity index (χ3n) is 4.62. The second-order valence-electron chi connectivity index (χ2n) is 7.13. The average molecular weight is 406 g/mol. The number of amides is 1. The summed E-state index contributed by atoms with van der Waals surface area (Å²) < 4.78 is 7.53. The summed E-state index contributed by atoms with van der Waals surface area (Å²) >= 11 is 0. The van der Waals surface area contributed by atoms with Crippen LogP contribution in [0.25, 0.3) is 17.0 Å². The first-order valence-electron chi connectivity index (χ1n) is 9.47. The van der Waals surface area contributed by atoms with Gasteiger partial charge in [0.15, 0.2) is 5.82 Å². The first kappa shape index (κ1) is 19.6. The third kappa shape index (κ3) is 3.62. The van der Waals surface area contributed by atoms with Crippen molar-refractivity contribution >= 4 is 22.9 Å². The number of rotatable bonds is 6. The summed E-state index contributed by atoms with van der Waals surface area (Å²) in [5.41, 5.74) is 6.20. The van der Waals surface area contributed by atoms with E-state index in [0.717, 1.165) is 22.4 Å². The first-order chi connectivity index (χ1) is 14.5. The van der Waals surface area contributed by atoms with Gasteiger partial charge in [-0.1, -0.05) is 19.9 Å². The van der Waals surface area contributed by atoms with Crippen molar-refractivity contribution in [1.29, 1.82) is 0 Å². The molecule has 0 spiro atoms. The Morgan fingerprint density at radius 2 is 2.10 bits per heavy atom. The number of nitrogens with zero attached hydrogens (tertiary/aromatic N) is 4. The molecule has 0 bridgehead atoms. The number of carbonyl (C=O) groups is 1. The third-order valence-corrected chi connectivity index (χ3v) is 4.62. The Morgan fingerprint density at radius 3 is 2.80 bits per heavy atom. The van der Waals surface area contributed by atoms with Crippen molar-refractivity contribution < 1.29 is 14.0 Å². The molecule has 154 valence electrons. The Kier molecular flexibility index (Phi) is 5.20. The Bertz CT molecular complexity index is 1210. The molecule has 3 aromatic heterocycles. The number of anilines is 2. The highest BCUT2D eigenvalue weighted by Gasteiger charge is 2.22. The van der Waals surface area contributed by atoms with Gasteiger partial charge < -0.3 is 9.73 Å². The van der Waals surface area contributed by atoms with Crippen molar-refractivity contribution in [3.05, 3.63) is 59.9 Å². The maximum Gasteiger partial charge on any atom is 0.274 e. The summed E-state index contributed by atoms with van der Waals surface area (Å²) in [4.78, 5) is 25.6. The summed E-state index contributed by atoms with van der Waals surface area (Å²) in [5, 5.41) is 7.67. The lowest BCUT2D eigenvalue weighted by Gasteiger charge is -2.12. The van der Waals surface area contributed by atoms with Crippen LogP contribution in [-0.4, -0.2) is 32.6 Å². The molecule has 9 heteroatoms. The molecule has 0 atom stereocenters. The molecule has 0 aliphatic heterocycles. The number of hydroxylamine groups is 1. The largest absolute Gasteiger partial charge is 0.441 e. The van der Waals surface area contributed by atoms with E-state index in [2.05, 4.69) is 39.7 Å². The zero-order valence-electron chi connectivity index (χ0n) is 17.1. The molecule has 0 unspecified atom stereocenters. The highest BCUT2D eigenvalue weighted by Crippen LogP contribution is 2.36. The predicted molar refractivity (Wildman–Crippen MR) is 112 cm³/mol. The van der Waals surface area contributed by atoms with Gasteiger partial charge in [0.2, 0.25) is 5.89 Å². The smallest absolute Gasteiger partial charge is 0.274 e. The summed E-state index contributed by atoms with van der Waals surface area (Å²) in [6.45, 7) is 6.06. The number of carbonyl (C=O) groups excluding carboxylic acids is 1. The molecule has 0 aliphatic carbocycles. The van der Waals surface area contributed by atoms with Crippen LogP contribution in [0.15, 0.2) is 47.4 Å². The summed E-state index contributed by atoms with van der Waals surface area (Å²) in [6.07, 6.45) is 5.07. The molecule has 0 radical (unpaired) electrons. The van der Waals surface area contributed by atoms with Gasteiger partial charge in [-0.15, -0.1) is 0 Å². The monoisotopic (exact) mass is 406 g/mol. The molecule has 0 saturated carbocycles.